The zero-order valence-electron chi connectivity index (χ0n) is 8.70. The van der Waals surface area contributed by atoms with Gasteiger partial charge in [-0.1, -0.05) is 0 Å². The third-order valence-electron chi connectivity index (χ3n) is 2.23. The molecule has 0 radical (unpaired) electrons. The summed E-state index contributed by atoms with van der Waals surface area (Å²) in [6.45, 7) is 0. The number of carboxylic acid groups (broad SMARTS) is 1. The summed E-state index contributed by atoms with van der Waals surface area (Å²) in [5.74, 6) is -1.35. The van der Waals surface area contributed by atoms with E-state index in [9.17, 15) is 9.18 Å². The van der Waals surface area contributed by atoms with Crippen molar-refractivity contribution in [3.8, 4) is 5.75 Å². The summed E-state index contributed by atoms with van der Waals surface area (Å²) in [6, 6.07) is 3.73. The van der Waals surface area contributed by atoms with Crippen molar-refractivity contribution >= 4 is 32.8 Å². The van der Waals surface area contributed by atoms with Crippen LogP contribution in [0.4, 0.5) is 4.39 Å². The van der Waals surface area contributed by atoms with Gasteiger partial charge in [-0.05, 0) is 28.1 Å². The highest BCUT2D eigenvalue weighted by Gasteiger charge is 2.14. The van der Waals surface area contributed by atoms with Gasteiger partial charge in [0.05, 0.1) is 12.6 Å². The number of methoxy groups -OCH3 is 1. The Balaban J connectivity index is 2.87. The first-order valence-electron chi connectivity index (χ1n) is 4.60. The van der Waals surface area contributed by atoms with E-state index in [1.807, 2.05) is 0 Å². The molecule has 0 saturated carbocycles. The van der Waals surface area contributed by atoms with Gasteiger partial charge in [-0.3, -0.25) is 0 Å². The maximum Gasteiger partial charge on any atom is 0.354 e. The predicted octanol–water partition coefficient (Wildman–Crippen LogP) is 2.84. The van der Waals surface area contributed by atoms with Crippen molar-refractivity contribution in [2.75, 3.05) is 7.11 Å². The Kier molecular flexibility index (Phi) is 2.97. The number of nitrogens with zero attached hydrogens (tertiary/aromatic N) is 1. The second-order valence-corrected chi connectivity index (χ2v) is 4.15. The standard InChI is InChI=1S/C11H7BrFNO3/c1-17-9-4-8(11(15)16)14-10-6(9)2-5(13)3-7(10)12/h2-4H,1H3,(H,15,16). The highest BCUT2D eigenvalue weighted by atomic mass is 79.9. The van der Waals surface area contributed by atoms with E-state index in [1.165, 1.54) is 25.3 Å². The smallest absolute Gasteiger partial charge is 0.354 e. The van der Waals surface area contributed by atoms with Gasteiger partial charge in [-0.25, -0.2) is 14.2 Å². The number of fused-ring (bicyclic) bond motifs is 1. The summed E-state index contributed by atoms with van der Waals surface area (Å²) >= 11 is 3.14. The molecule has 0 spiro atoms. The summed E-state index contributed by atoms with van der Waals surface area (Å²) in [5, 5.41) is 9.32. The first kappa shape index (κ1) is 11.8. The number of halogens is 2. The maximum atomic E-state index is 13.2. The molecule has 4 nitrogen and oxygen atoms in total. The van der Waals surface area contributed by atoms with Crippen molar-refractivity contribution in [1.29, 1.82) is 0 Å². The number of ether oxygens (including phenoxy) is 1. The average molecular weight is 300 g/mol. The third-order valence-corrected chi connectivity index (χ3v) is 2.84. The normalized spacial score (nSPS) is 10.5. The van der Waals surface area contributed by atoms with Gasteiger partial charge in [0.25, 0.3) is 0 Å². The molecule has 1 aromatic carbocycles. The minimum absolute atomic E-state index is 0.151. The zero-order chi connectivity index (χ0) is 12.6. The van der Waals surface area contributed by atoms with Crippen LogP contribution in [0.5, 0.6) is 5.75 Å². The SMILES string of the molecule is COc1cc(C(=O)O)nc2c(Br)cc(F)cc12. The highest BCUT2D eigenvalue weighted by Crippen LogP contribution is 2.31. The van der Waals surface area contributed by atoms with E-state index in [2.05, 4.69) is 20.9 Å². The van der Waals surface area contributed by atoms with Crippen molar-refractivity contribution in [3.63, 3.8) is 0 Å². The molecule has 0 fully saturated rings. The summed E-state index contributed by atoms with van der Waals surface area (Å²) < 4.78 is 18.7. The van der Waals surface area contributed by atoms with Crippen molar-refractivity contribution in [3.05, 3.63) is 34.2 Å². The molecule has 2 aromatic rings. The van der Waals surface area contributed by atoms with Gasteiger partial charge < -0.3 is 9.84 Å². The van der Waals surface area contributed by atoms with Gasteiger partial charge in [0.2, 0.25) is 0 Å². The molecule has 0 aliphatic carbocycles. The lowest BCUT2D eigenvalue weighted by Crippen LogP contribution is -2.02. The largest absolute Gasteiger partial charge is 0.496 e. The van der Waals surface area contributed by atoms with Crippen molar-refractivity contribution in [2.24, 2.45) is 0 Å². The van der Waals surface area contributed by atoms with E-state index in [-0.39, 0.29) is 11.4 Å². The third kappa shape index (κ3) is 2.08. The van der Waals surface area contributed by atoms with Crippen LogP contribution >= 0.6 is 15.9 Å². The number of carbonyl (C=O) groups is 1. The summed E-state index contributed by atoms with van der Waals surface area (Å²) in [7, 11) is 1.39. The van der Waals surface area contributed by atoms with Crippen molar-refractivity contribution < 1.29 is 19.0 Å². The van der Waals surface area contributed by atoms with Crippen LogP contribution in [0.15, 0.2) is 22.7 Å². The molecule has 0 saturated heterocycles. The Labute approximate surface area is 104 Å². The molecule has 0 unspecified atom stereocenters. The van der Waals surface area contributed by atoms with E-state index in [0.717, 1.165) is 0 Å². The lowest BCUT2D eigenvalue weighted by atomic mass is 10.1. The van der Waals surface area contributed by atoms with Crippen LogP contribution in [0.3, 0.4) is 0 Å². The van der Waals surface area contributed by atoms with Gasteiger partial charge in [-0.15, -0.1) is 0 Å². The quantitative estimate of drug-likeness (QED) is 0.926. The van der Waals surface area contributed by atoms with Gasteiger partial charge in [0, 0.05) is 15.9 Å². The molecular formula is C11H7BrFNO3. The number of aromatic carboxylic acids is 1. The fraction of sp³-hybridized carbons (Fsp3) is 0.0909. The highest BCUT2D eigenvalue weighted by molar-refractivity contribution is 9.10. The molecule has 6 heteroatoms. The lowest BCUT2D eigenvalue weighted by molar-refractivity contribution is 0.0690. The number of benzene rings is 1. The van der Waals surface area contributed by atoms with E-state index >= 15 is 0 Å². The van der Waals surface area contributed by atoms with Gasteiger partial charge in [-0.2, -0.15) is 0 Å². The molecule has 0 atom stereocenters. The number of pyridine rings is 1. The number of rotatable bonds is 2. The summed E-state index contributed by atoms with van der Waals surface area (Å²) in [4.78, 5) is 14.8. The fourth-order valence-corrected chi connectivity index (χ4v) is 2.02. The van der Waals surface area contributed by atoms with Gasteiger partial charge in [0.1, 0.15) is 11.6 Å². The number of hydrogen-bond acceptors (Lipinski definition) is 3. The van der Waals surface area contributed by atoms with Crippen molar-refractivity contribution in [2.45, 2.75) is 0 Å². The van der Waals surface area contributed by atoms with Crippen LogP contribution in [0, 0.1) is 5.82 Å². The molecule has 0 bridgehead atoms. The average Bonchev–Trinajstić information content (AvgIpc) is 2.27. The summed E-state index contributed by atoms with van der Waals surface area (Å²) in [6.07, 6.45) is 0. The van der Waals surface area contributed by atoms with Crippen LogP contribution < -0.4 is 4.74 Å². The van der Waals surface area contributed by atoms with E-state index in [4.69, 9.17) is 9.84 Å². The molecule has 0 amide bonds. The van der Waals surface area contributed by atoms with Crippen molar-refractivity contribution in [1.82, 2.24) is 4.98 Å². The molecular weight excluding hydrogens is 293 g/mol. The first-order valence-corrected chi connectivity index (χ1v) is 5.39. The van der Waals surface area contributed by atoms with Crippen LogP contribution in [0.1, 0.15) is 10.5 Å². The van der Waals surface area contributed by atoms with E-state index in [0.29, 0.717) is 15.4 Å². The number of hydrogen-bond donors (Lipinski definition) is 1. The monoisotopic (exact) mass is 299 g/mol. The van der Waals surface area contributed by atoms with E-state index < -0.39 is 11.8 Å². The number of aromatic nitrogens is 1. The molecule has 1 heterocycles. The molecule has 88 valence electrons. The van der Waals surface area contributed by atoms with Gasteiger partial charge in [0.15, 0.2) is 5.69 Å². The minimum atomic E-state index is -1.17. The Morgan fingerprint density at radius 2 is 2.18 bits per heavy atom. The lowest BCUT2D eigenvalue weighted by Gasteiger charge is -2.08. The molecule has 1 aromatic heterocycles. The second kappa shape index (κ2) is 4.29. The van der Waals surface area contributed by atoms with Crippen LogP contribution in [-0.4, -0.2) is 23.2 Å². The minimum Gasteiger partial charge on any atom is -0.496 e. The topological polar surface area (TPSA) is 59.4 Å². The molecule has 2 rings (SSSR count). The second-order valence-electron chi connectivity index (χ2n) is 3.30. The van der Waals surface area contributed by atoms with Crippen LogP contribution in [0.2, 0.25) is 0 Å². The Morgan fingerprint density at radius 3 is 2.76 bits per heavy atom. The predicted molar refractivity (Wildman–Crippen MR) is 62.9 cm³/mol. The molecule has 0 aliphatic rings. The van der Waals surface area contributed by atoms with Gasteiger partial charge >= 0.3 is 5.97 Å². The van der Waals surface area contributed by atoms with Crippen LogP contribution in [0.25, 0.3) is 10.9 Å². The fourth-order valence-electron chi connectivity index (χ4n) is 1.50. The zero-order valence-corrected chi connectivity index (χ0v) is 10.3. The molecule has 0 aliphatic heterocycles. The Hall–Kier alpha value is -1.69. The number of carboxylic acids is 1. The Bertz CT molecular complexity index is 615. The van der Waals surface area contributed by atoms with Crippen LogP contribution in [-0.2, 0) is 0 Å². The maximum absolute atomic E-state index is 13.2. The molecule has 1 N–H and O–H groups in total. The van der Waals surface area contributed by atoms with E-state index in [1.54, 1.807) is 0 Å². The summed E-state index contributed by atoms with van der Waals surface area (Å²) in [5.41, 5.74) is 0.199. The molecule has 17 heavy (non-hydrogen) atoms. The first-order chi connectivity index (χ1) is 8.02. The Morgan fingerprint density at radius 1 is 1.47 bits per heavy atom.